The summed E-state index contributed by atoms with van der Waals surface area (Å²) in [6.45, 7) is 7.39. The van der Waals surface area contributed by atoms with Gasteiger partial charge in [0.25, 0.3) is 5.91 Å². The number of benzene rings is 2. The van der Waals surface area contributed by atoms with Crippen molar-refractivity contribution in [1.29, 1.82) is 0 Å². The van der Waals surface area contributed by atoms with E-state index in [-0.39, 0.29) is 29.0 Å². The van der Waals surface area contributed by atoms with Gasteiger partial charge in [0.2, 0.25) is 5.91 Å². The maximum absolute atomic E-state index is 15.8. The highest BCUT2D eigenvalue weighted by Crippen LogP contribution is 2.62. The van der Waals surface area contributed by atoms with Gasteiger partial charge >= 0.3 is 5.97 Å². The number of nitrogens with one attached hydrogen (secondary N) is 3. The molecule has 2 amide bonds. The Labute approximate surface area is 338 Å². The molecule has 1 atom stereocenters. The van der Waals surface area contributed by atoms with E-state index in [1.54, 1.807) is 19.4 Å². The Morgan fingerprint density at radius 3 is 2.55 bits per heavy atom. The van der Waals surface area contributed by atoms with Crippen LogP contribution in [-0.2, 0) is 36.1 Å². The topological polar surface area (TPSA) is 151 Å². The Morgan fingerprint density at radius 1 is 1.09 bits per heavy atom. The van der Waals surface area contributed by atoms with Crippen molar-refractivity contribution >= 4 is 35.4 Å². The average Bonchev–Trinajstić information content (AvgIpc) is 3.99. The number of hydrogen-bond acceptors (Lipinski definition) is 8. The molecule has 4 aliphatic rings. The number of carbonyl (C=O) groups is 3. The lowest BCUT2D eigenvalue weighted by Crippen LogP contribution is -2.39. The van der Waals surface area contributed by atoms with Crippen LogP contribution < -0.4 is 20.7 Å². The maximum atomic E-state index is 15.8. The first-order chi connectivity index (χ1) is 27.9. The molecule has 2 aliphatic carbocycles. The van der Waals surface area contributed by atoms with Crippen LogP contribution in [0.15, 0.2) is 48.7 Å². The number of halogens is 1. The van der Waals surface area contributed by atoms with Crippen LogP contribution in [0.4, 0.5) is 10.1 Å². The number of aliphatic carboxylic acids is 1. The molecule has 2 aromatic heterocycles. The number of fused-ring (bicyclic) bond motifs is 3. The average molecular weight is 790 g/mol. The van der Waals surface area contributed by atoms with E-state index in [1.165, 1.54) is 6.08 Å². The second kappa shape index (κ2) is 15.7. The first kappa shape index (κ1) is 39.4. The summed E-state index contributed by atoms with van der Waals surface area (Å²) in [4.78, 5) is 49.0. The Bertz CT molecular complexity index is 2310. The smallest absolute Gasteiger partial charge is 0.309 e. The number of rotatable bonds is 13. The van der Waals surface area contributed by atoms with E-state index in [4.69, 9.17) is 9.72 Å². The van der Waals surface area contributed by atoms with Crippen molar-refractivity contribution in [1.82, 2.24) is 30.1 Å². The SMILES string of the molecule is COc1cc(/C(F)=C/c2cccc(-c3cccc(NC(=O)c4nc5c(n4C)CCN(CC46CCC(C(=O)O)(CC4)C6)C5)c3C)c2C)ncc1CNC[C@@H]1CCC(=O)N1. The third-order valence-electron chi connectivity index (χ3n) is 13.3. The van der Waals surface area contributed by atoms with Gasteiger partial charge in [-0.05, 0) is 97.7 Å². The fourth-order valence-corrected chi connectivity index (χ4v) is 9.91. The van der Waals surface area contributed by atoms with Gasteiger partial charge in [0, 0.05) is 87.9 Å². The van der Waals surface area contributed by atoms with Gasteiger partial charge < -0.3 is 30.4 Å². The zero-order chi connectivity index (χ0) is 40.8. The van der Waals surface area contributed by atoms with Crippen molar-refractivity contribution in [3.8, 4) is 16.9 Å². The molecule has 4 aromatic rings. The number of carboxylic acid groups (broad SMARTS) is 1. The molecule has 2 aromatic carbocycles. The summed E-state index contributed by atoms with van der Waals surface area (Å²) in [7, 11) is 3.44. The molecule has 2 bridgehead atoms. The van der Waals surface area contributed by atoms with Gasteiger partial charge in [-0.25, -0.2) is 9.37 Å². The van der Waals surface area contributed by atoms with E-state index in [0.717, 1.165) is 97.2 Å². The first-order valence-electron chi connectivity index (χ1n) is 20.3. The molecule has 0 unspecified atom stereocenters. The number of methoxy groups -OCH3 is 1. The molecule has 2 aliphatic heterocycles. The molecule has 2 saturated carbocycles. The molecule has 304 valence electrons. The Morgan fingerprint density at radius 2 is 1.84 bits per heavy atom. The number of nitrogens with zero attached hydrogens (tertiary/aromatic N) is 4. The van der Waals surface area contributed by atoms with Crippen LogP contribution in [0.25, 0.3) is 23.0 Å². The number of pyridine rings is 1. The van der Waals surface area contributed by atoms with Crippen molar-refractivity contribution in [2.45, 2.75) is 84.3 Å². The summed E-state index contributed by atoms with van der Waals surface area (Å²) < 4.78 is 23.3. The Kier molecular flexibility index (Phi) is 10.7. The second-order valence-corrected chi connectivity index (χ2v) is 16.9. The summed E-state index contributed by atoms with van der Waals surface area (Å²) in [5.74, 6) is -0.483. The number of hydrogen-bond donors (Lipinski definition) is 4. The molecular weight excluding hydrogens is 738 g/mol. The number of aromatic nitrogens is 3. The molecule has 8 rings (SSSR count). The third-order valence-corrected chi connectivity index (χ3v) is 13.3. The van der Waals surface area contributed by atoms with Crippen molar-refractivity contribution in [3.63, 3.8) is 0 Å². The number of ether oxygens (including phenoxy) is 1. The second-order valence-electron chi connectivity index (χ2n) is 16.9. The third kappa shape index (κ3) is 7.53. The Hall–Kier alpha value is -5.40. The zero-order valence-corrected chi connectivity index (χ0v) is 33.7. The van der Waals surface area contributed by atoms with E-state index in [2.05, 4.69) is 25.8 Å². The molecule has 1 saturated heterocycles. The van der Waals surface area contributed by atoms with Crippen LogP contribution >= 0.6 is 0 Å². The van der Waals surface area contributed by atoms with E-state index in [9.17, 15) is 19.5 Å². The molecule has 4 heterocycles. The highest BCUT2D eigenvalue weighted by molar-refractivity contribution is 6.03. The van der Waals surface area contributed by atoms with Crippen LogP contribution in [-0.4, -0.2) is 75.1 Å². The predicted octanol–water partition coefficient (Wildman–Crippen LogP) is 6.59. The zero-order valence-electron chi connectivity index (χ0n) is 33.7. The highest BCUT2D eigenvalue weighted by Gasteiger charge is 2.58. The van der Waals surface area contributed by atoms with Crippen molar-refractivity contribution < 1.29 is 28.6 Å². The normalized spacial score (nSPS) is 22.9. The van der Waals surface area contributed by atoms with E-state index < -0.39 is 17.2 Å². The van der Waals surface area contributed by atoms with Gasteiger partial charge in [-0.2, -0.15) is 0 Å². The minimum Gasteiger partial charge on any atom is -0.496 e. The number of anilines is 1. The van der Waals surface area contributed by atoms with Crippen molar-refractivity contribution in [3.05, 3.63) is 93.8 Å². The molecule has 12 nitrogen and oxygen atoms in total. The van der Waals surface area contributed by atoms with Gasteiger partial charge in [0.05, 0.1) is 18.2 Å². The van der Waals surface area contributed by atoms with Crippen LogP contribution in [0, 0.1) is 24.7 Å². The highest BCUT2D eigenvalue weighted by atomic mass is 19.1. The molecule has 4 N–H and O–H groups in total. The van der Waals surface area contributed by atoms with Gasteiger partial charge in [-0.15, -0.1) is 0 Å². The van der Waals surface area contributed by atoms with E-state index in [0.29, 0.717) is 48.9 Å². The van der Waals surface area contributed by atoms with Crippen LogP contribution in [0.5, 0.6) is 5.75 Å². The van der Waals surface area contributed by atoms with Crippen LogP contribution in [0.1, 0.15) is 94.9 Å². The fraction of sp³-hybridized carbons (Fsp3) is 0.444. The van der Waals surface area contributed by atoms with Gasteiger partial charge in [-0.1, -0.05) is 30.3 Å². The minimum atomic E-state index is -0.642. The largest absolute Gasteiger partial charge is 0.496 e. The number of carbonyl (C=O) groups excluding carboxylic acids is 2. The van der Waals surface area contributed by atoms with Gasteiger partial charge in [0.1, 0.15) is 17.3 Å². The van der Waals surface area contributed by atoms with E-state index >= 15 is 4.39 Å². The number of imidazole rings is 1. The van der Waals surface area contributed by atoms with Crippen LogP contribution in [0.3, 0.4) is 0 Å². The van der Waals surface area contributed by atoms with Gasteiger partial charge in [-0.3, -0.25) is 24.3 Å². The van der Waals surface area contributed by atoms with Crippen LogP contribution in [0.2, 0.25) is 0 Å². The summed E-state index contributed by atoms with van der Waals surface area (Å²) in [6.07, 6.45) is 9.43. The lowest BCUT2D eigenvalue weighted by molar-refractivity contribution is -0.148. The maximum Gasteiger partial charge on any atom is 0.309 e. The van der Waals surface area contributed by atoms with E-state index in [1.807, 2.05) is 61.9 Å². The molecule has 13 heteroatoms. The first-order valence-corrected chi connectivity index (χ1v) is 20.3. The van der Waals surface area contributed by atoms with Gasteiger partial charge in [0.15, 0.2) is 5.82 Å². The molecule has 3 fully saturated rings. The summed E-state index contributed by atoms with van der Waals surface area (Å²) >= 11 is 0. The molecule has 0 radical (unpaired) electrons. The monoisotopic (exact) mass is 789 g/mol. The quantitative estimate of drug-likeness (QED) is 0.118. The summed E-state index contributed by atoms with van der Waals surface area (Å²) in [5, 5.41) is 19.3. The van der Waals surface area contributed by atoms with Crippen molar-refractivity contribution in [2.24, 2.45) is 17.9 Å². The standard InChI is InChI=1S/C45H52FN7O5/c1-27-29(19-34(46)36-20-39(58-4)30(22-48-36)21-47-23-31-11-12-40(54)49-31)7-5-8-32(27)33-9-6-10-35(28(33)2)51-42(55)41-50-37-24-53(18-13-38(37)52(41)3)26-44-14-16-45(25-44,17-15-44)43(56)57/h5-10,19-20,22,31,47H,11-18,21,23-26H2,1-4H3,(H,49,54)(H,51,55)(H,56,57)/b34-19-/t31-,44?,45?/m0/s1. The molecule has 0 spiro atoms. The lowest BCUT2D eigenvalue weighted by Gasteiger charge is -2.35. The Balaban J connectivity index is 0.947. The molecule has 58 heavy (non-hydrogen) atoms. The summed E-state index contributed by atoms with van der Waals surface area (Å²) in [6, 6.07) is 13.2. The number of carboxylic acids is 1. The summed E-state index contributed by atoms with van der Waals surface area (Å²) in [5.41, 5.74) is 7.38. The minimum absolute atomic E-state index is 0.0592. The lowest BCUT2D eigenvalue weighted by atomic mass is 9.81. The van der Waals surface area contributed by atoms with Crippen molar-refractivity contribution in [2.75, 3.05) is 32.1 Å². The number of amides is 2. The predicted molar refractivity (Wildman–Crippen MR) is 220 cm³/mol. The fourth-order valence-electron chi connectivity index (χ4n) is 9.91. The molecular formula is C45H52FN7O5.